The monoisotopic (exact) mass is 362 g/mol. The van der Waals surface area contributed by atoms with Crippen molar-refractivity contribution in [2.24, 2.45) is 0 Å². The Bertz CT molecular complexity index is 793. The molecule has 0 aromatic heterocycles. The van der Waals surface area contributed by atoms with E-state index in [0.717, 1.165) is 0 Å². The predicted molar refractivity (Wildman–Crippen MR) is 97.9 cm³/mol. The Morgan fingerprint density at radius 3 is 2.44 bits per heavy atom. The number of carbonyl (C=O) groups is 2. The second-order valence-electron chi connectivity index (χ2n) is 5.12. The largest absolute Gasteiger partial charge is 0.497 e. The molecule has 0 heterocycles. The van der Waals surface area contributed by atoms with Gasteiger partial charge in [0.15, 0.2) is 0 Å². The van der Waals surface area contributed by atoms with E-state index in [0.29, 0.717) is 39.9 Å². The molecule has 0 bridgehead atoms. The normalized spacial score (nSPS) is 10.1. The fraction of sp³-hybridized carbons (Fsp3) is 0.222. The first-order valence-corrected chi connectivity index (χ1v) is 7.99. The van der Waals surface area contributed by atoms with E-state index in [1.165, 1.54) is 14.2 Å². The maximum atomic E-state index is 12.6. The lowest BCUT2D eigenvalue weighted by Crippen LogP contribution is -2.14. The SMILES string of the molecule is CCC(=O)Nc1ccc(Cl)c(NC(=O)c2cc(OC)ccc2OC)c1. The Morgan fingerprint density at radius 1 is 1.04 bits per heavy atom. The van der Waals surface area contributed by atoms with Crippen LogP contribution in [0.5, 0.6) is 11.5 Å². The molecule has 2 aromatic rings. The highest BCUT2D eigenvalue weighted by Crippen LogP contribution is 2.29. The number of halogens is 1. The summed E-state index contributed by atoms with van der Waals surface area (Å²) in [5.41, 5.74) is 1.23. The van der Waals surface area contributed by atoms with Gasteiger partial charge in [0, 0.05) is 12.1 Å². The Labute approximate surface area is 151 Å². The first kappa shape index (κ1) is 18.6. The first-order chi connectivity index (χ1) is 12.0. The molecular weight excluding hydrogens is 344 g/mol. The maximum Gasteiger partial charge on any atom is 0.259 e. The zero-order valence-electron chi connectivity index (χ0n) is 14.2. The standard InChI is InChI=1S/C18H19ClN2O4/c1-4-17(22)20-11-5-7-14(19)15(9-11)21-18(23)13-10-12(24-2)6-8-16(13)25-3/h5-10H,4H2,1-3H3,(H,20,22)(H,21,23). The summed E-state index contributed by atoms with van der Waals surface area (Å²) >= 11 is 6.15. The molecule has 2 N–H and O–H groups in total. The van der Waals surface area contributed by atoms with Crippen molar-refractivity contribution in [2.45, 2.75) is 13.3 Å². The number of rotatable bonds is 6. The molecule has 0 spiro atoms. The number of ether oxygens (including phenoxy) is 2. The van der Waals surface area contributed by atoms with Crippen LogP contribution in [-0.4, -0.2) is 26.0 Å². The van der Waals surface area contributed by atoms with Crippen molar-refractivity contribution in [3.8, 4) is 11.5 Å². The number of carbonyl (C=O) groups excluding carboxylic acids is 2. The van der Waals surface area contributed by atoms with Crippen LogP contribution in [0.4, 0.5) is 11.4 Å². The molecule has 0 aliphatic heterocycles. The van der Waals surface area contributed by atoms with Gasteiger partial charge >= 0.3 is 0 Å². The molecule has 6 nitrogen and oxygen atoms in total. The highest BCUT2D eigenvalue weighted by atomic mass is 35.5. The number of amides is 2. The van der Waals surface area contributed by atoms with Crippen LogP contribution in [0.25, 0.3) is 0 Å². The van der Waals surface area contributed by atoms with Crippen molar-refractivity contribution in [2.75, 3.05) is 24.9 Å². The number of benzene rings is 2. The fourth-order valence-electron chi connectivity index (χ4n) is 2.13. The van der Waals surface area contributed by atoms with Crippen molar-refractivity contribution in [1.29, 1.82) is 0 Å². The van der Waals surface area contributed by atoms with Gasteiger partial charge in [-0.3, -0.25) is 9.59 Å². The van der Waals surface area contributed by atoms with Crippen LogP contribution in [0.15, 0.2) is 36.4 Å². The van der Waals surface area contributed by atoms with Gasteiger partial charge in [-0.05, 0) is 36.4 Å². The van der Waals surface area contributed by atoms with Crippen LogP contribution in [0.1, 0.15) is 23.7 Å². The summed E-state index contributed by atoms with van der Waals surface area (Å²) in [6.07, 6.45) is 0.353. The van der Waals surface area contributed by atoms with E-state index >= 15 is 0 Å². The smallest absolute Gasteiger partial charge is 0.259 e. The van der Waals surface area contributed by atoms with Gasteiger partial charge in [0.1, 0.15) is 11.5 Å². The van der Waals surface area contributed by atoms with E-state index in [1.807, 2.05) is 0 Å². The molecule has 0 radical (unpaired) electrons. The summed E-state index contributed by atoms with van der Waals surface area (Å²) < 4.78 is 10.4. The molecule has 132 valence electrons. The Morgan fingerprint density at radius 2 is 1.80 bits per heavy atom. The highest BCUT2D eigenvalue weighted by Gasteiger charge is 2.15. The fourth-order valence-corrected chi connectivity index (χ4v) is 2.29. The van der Waals surface area contributed by atoms with E-state index in [-0.39, 0.29) is 5.91 Å². The summed E-state index contributed by atoms with van der Waals surface area (Å²) in [6, 6.07) is 9.78. The van der Waals surface area contributed by atoms with E-state index in [1.54, 1.807) is 43.3 Å². The predicted octanol–water partition coefficient (Wildman–Crippen LogP) is 3.96. The third-order valence-electron chi connectivity index (χ3n) is 3.47. The molecule has 0 aliphatic carbocycles. The molecule has 25 heavy (non-hydrogen) atoms. The molecule has 7 heteroatoms. The van der Waals surface area contributed by atoms with Crippen molar-refractivity contribution in [3.05, 3.63) is 47.0 Å². The molecule has 0 aliphatic rings. The van der Waals surface area contributed by atoms with Gasteiger partial charge < -0.3 is 20.1 Å². The molecular formula is C18H19ClN2O4. The van der Waals surface area contributed by atoms with Gasteiger partial charge in [-0.25, -0.2) is 0 Å². The zero-order valence-corrected chi connectivity index (χ0v) is 14.9. The number of hydrogen-bond donors (Lipinski definition) is 2. The van der Waals surface area contributed by atoms with Crippen molar-refractivity contribution in [1.82, 2.24) is 0 Å². The van der Waals surface area contributed by atoms with Crippen LogP contribution >= 0.6 is 11.6 Å². The summed E-state index contributed by atoms with van der Waals surface area (Å²) in [7, 11) is 2.99. The van der Waals surface area contributed by atoms with Crippen LogP contribution in [0.2, 0.25) is 5.02 Å². The quantitative estimate of drug-likeness (QED) is 0.815. The van der Waals surface area contributed by atoms with Crippen molar-refractivity contribution < 1.29 is 19.1 Å². The maximum absolute atomic E-state index is 12.6. The van der Waals surface area contributed by atoms with E-state index < -0.39 is 5.91 Å². The molecule has 0 unspecified atom stereocenters. The summed E-state index contributed by atoms with van der Waals surface area (Å²) in [4.78, 5) is 24.1. The first-order valence-electron chi connectivity index (χ1n) is 7.61. The Hall–Kier alpha value is -2.73. The minimum Gasteiger partial charge on any atom is -0.497 e. The van der Waals surface area contributed by atoms with E-state index in [9.17, 15) is 9.59 Å². The van der Waals surface area contributed by atoms with Gasteiger partial charge in [-0.2, -0.15) is 0 Å². The third-order valence-corrected chi connectivity index (χ3v) is 3.80. The lowest BCUT2D eigenvalue weighted by Gasteiger charge is -2.13. The molecule has 0 saturated heterocycles. The molecule has 0 saturated carbocycles. The molecule has 0 fully saturated rings. The number of hydrogen-bond acceptors (Lipinski definition) is 4. The lowest BCUT2D eigenvalue weighted by molar-refractivity contribution is -0.115. The molecule has 0 atom stereocenters. The van der Waals surface area contributed by atoms with Gasteiger partial charge in [-0.15, -0.1) is 0 Å². The topological polar surface area (TPSA) is 76.7 Å². The van der Waals surface area contributed by atoms with Gasteiger partial charge in [0.25, 0.3) is 5.91 Å². The average molecular weight is 363 g/mol. The van der Waals surface area contributed by atoms with Crippen molar-refractivity contribution in [3.63, 3.8) is 0 Å². The van der Waals surface area contributed by atoms with Crippen molar-refractivity contribution >= 4 is 34.8 Å². The third kappa shape index (κ3) is 4.64. The second-order valence-corrected chi connectivity index (χ2v) is 5.52. The van der Waals surface area contributed by atoms with Gasteiger partial charge in [-0.1, -0.05) is 18.5 Å². The average Bonchev–Trinajstić information content (AvgIpc) is 2.63. The Balaban J connectivity index is 2.28. The van der Waals surface area contributed by atoms with Crippen LogP contribution in [0.3, 0.4) is 0 Å². The van der Waals surface area contributed by atoms with E-state index in [2.05, 4.69) is 10.6 Å². The number of methoxy groups -OCH3 is 2. The summed E-state index contributed by atoms with van der Waals surface area (Å²) in [5.74, 6) is 0.400. The summed E-state index contributed by atoms with van der Waals surface area (Å²) in [6.45, 7) is 1.75. The molecule has 2 aromatic carbocycles. The van der Waals surface area contributed by atoms with Crippen LogP contribution in [0, 0.1) is 0 Å². The summed E-state index contributed by atoms with van der Waals surface area (Å²) in [5, 5.41) is 5.80. The van der Waals surface area contributed by atoms with Gasteiger partial charge in [0.05, 0.1) is 30.5 Å². The van der Waals surface area contributed by atoms with Crippen LogP contribution < -0.4 is 20.1 Å². The number of nitrogens with one attached hydrogen (secondary N) is 2. The highest BCUT2D eigenvalue weighted by molar-refractivity contribution is 6.34. The second kappa shape index (κ2) is 8.39. The number of anilines is 2. The van der Waals surface area contributed by atoms with E-state index in [4.69, 9.17) is 21.1 Å². The molecule has 2 rings (SSSR count). The molecule has 2 amide bonds. The zero-order chi connectivity index (χ0) is 18.4. The van der Waals surface area contributed by atoms with Gasteiger partial charge in [0.2, 0.25) is 5.91 Å². The lowest BCUT2D eigenvalue weighted by atomic mass is 10.1. The minimum absolute atomic E-state index is 0.130. The Kier molecular flexibility index (Phi) is 6.25. The minimum atomic E-state index is -0.406. The van der Waals surface area contributed by atoms with Crippen LogP contribution in [-0.2, 0) is 4.79 Å².